The summed E-state index contributed by atoms with van der Waals surface area (Å²) in [5.74, 6) is -0.570. The predicted octanol–water partition coefficient (Wildman–Crippen LogP) is 7.28. The Morgan fingerprint density at radius 3 is 2.51 bits per heavy atom. The van der Waals surface area contributed by atoms with Gasteiger partial charge in [-0.05, 0) is 61.1 Å². The van der Waals surface area contributed by atoms with Gasteiger partial charge in [0.2, 0.25) is 5.91 Å². The number of hydrogen-bond donors (Lipinski definition) is 1. The molecular formula is C32H42F2N4O. The van der Waals surface area contributed by atoms with Gasteiger partial charge in [-0.15, -0.1) is 0 Å². The van der Waals surface area contributed by atoms with Crippen LogP contribution >= 0.6 is 0 Å². The van der Waals surface area contributed by atoms with Crippen LogP contribution in [-0.2, 0) is 11.3 Å². The molecule has 1 heterocycles. The SMILES string of the molecule is CCCCC/C=C\C(=O)N(CCCN)[C@@H](c1nc(-c2cc(F)ccc2F)cn1Cc1ccccc1)C(C)(C)C. The first-order valence-corrected chi connectivity index (χ1v) is 13.9. The van der Waals surface area contributed by atoms with Gasteiger partial charge >= 0.3 is 0 Å². The summed E-state index contributed by atoms with van der Waals surface area (Å²) in [5, 5.41) is 0. The third kappa shape index (κ3) is 8.33. The van der Waals surface area contributed by atoms with Crippen LogP contribution in [0.3, 0.4) is 0 Å². The van der Waals surface area contributed by atoms with Crippen LogP contribution in [0.5, 0.6) is 0 Å². The Labute approximate surface area is 231 Å². The molecule has 0 radical (unpaired) electrons. The van der Waals surface area contributed by atoms with E-state index in [2.05, 4.69) is 27.7 Å². The number of carbonyl (C=O) groups is 1. The number of unbranched alkanes of at least 4 members (excludes halogenated alkanes) is 3. The third-order valence-corrected chi connectivity index (χ3v) is 6.71. The van der Waals surface area contributed by atoms with Crippen LogP contribution < -0.4 is 5.73 Å². The van der Waals surface area contributed by atoms with E-state index in [9.17, 15) is 13.6 Å². The first kappa shape index (κ1) is 30.2. The molecule has 7 heteroatoms. The van der Waals surface area contributed by atoms with Crippen molar-refractivity contribution in [1.29, 1.82) is 0 Å². The van der Waals surface area contributed by atoms with Crippen molar-refractivity contribution >= 4 is 5.91 Å². The van der Waals surface area contributed by atoms with E-state index in [1.165, 1.54) is 0 Å². The van der Waals surface area contributed by atoms with Crippen molar-refractivity contribution in [2.24, 2.45) is 11.1 Å². The normalized spacial score (nSPS) is 12.7. The lowest BCUT2D eigenvalue weighted by Gasteiger charge is -2.39. The van der Waals surface area contributed by atoms with Crippen LogP contribution in [0.25, 0.3) is 11.3 Å². The van der Waals surface area contributed by atoms with Gasteiger partial charge in [-0.25, -0.2) is 13.8 Å². The van der Waals surface area contributed by atoms with Gasteiger partial charge in [0.15, 0.2) is 0 Å². The highest BCUT2D eigenvalue weighted by atomic mass is 19.1. The predicted molar refractivity (Wildman–Crippen MR) is 154 cm³/mol. The van der Waals surface area contributed by atoms with Crippen molar-refractivity contribution in [3.8, 4) is 11.3 Å². The van der Waals surface area contributed by atoms with Gasteiger partial charge in [0, 0.05) is 24.8 Å². The highest BCUT2D eigenvalue weighted by Gasteiger charge is 2.37. The molecule has 5 nitrogen and oxygen atoms in total. The highest BCUT2D eigenvalue weighted by Crippen LogP contribution is 2.39. The van der Waals surface area contributed by atoms with Crippen LogP contribution in [0.4, 0.5) is 8.78 Å². The fraction of sp³-hybridized carbons (Fsp3) is 0.438. The first-order valence-electron chi connectivity index (χ1n) is 13.9. The molecule has 0 saturated heterocycles. The minimum absolute atomic E-state index is 0.0892. The largest absolute Gasteiger partial charge is 0.330 e. The van der Waals surface area contributed by atoms with Crippen molar-refractivity contribution in [2.75, 3.05) is 13.1 Å². The Morgan fingerprint density at radius 1 is 1.10 bits per heavy atom. The van der Waals surface area contributed by atoms with Crippen molar-refractivity contribution in [3.05, 3.63) is 89.9 Å². The lowest BCUT2D eigenvalue weighted by molar-refractivity contribution is -0.131. The van der Waals surface area contributed by atoms with E-state index in [1.54, 1.807) is 12.3 Å². The van der Waals surface area contributed by atoms with E-state index in [1.807, 2.05) is 45.9 Å². The number of carbonyl (C=O) groups excluding carboxylic acids is 1. The van der Waals surface area contributed by atoms with E-state index in [-0.39, 0.29) is 11.5 Å². The smallest absolute Gasteiger partial charge is 0.246 e. The molecule has 0 aliphatic rings. The summed E-state index contributed by atoms with van der Waals surface area (Å²) in [6, 6.07) is 12.8. The van der Waals surface area contributed by atoms with Gasteiger partial charge in [0.05, 0.1) is 11.7 Å². The summed E-state index contributed by atoms with van der Waals surface area (Å²) in [5.41, 5.74) is 6.90. The van der Waals surface area contributed by atoms with Crippen molar-refractivity contribution in [3.63, 3.8) is 0 Å². The molecule has 210 valence electrons. The van der Waals surface area contributed by atoms with Gasteiger partial charge in [-0.3, -0.25) is 4.79 Å². The number of halogens is 2. The molecule has 0 spiro atoms. The maximum absolute atomic E-state index is 14.8. The topological polar surface area (TPSA) is 64.2 Å². The summed E-state index contributed by atoms with van der Waals surface area (Å²) in [4.78, 5) is 20.4. The molecular weight excluding hydrogens is 494 g/mol. The molecule has 0 saturated carbocycles. The molecule has 0 aliphatic heterocycles. The zero-order chi connectivity index (χ0) is 28.4. The quantitative estimate of drug-likeness (QED) is 0.184. The van der Waals surface area contributed by atoms with Crippen LogP contribution in [0.15, 0.2) is 66.9 Å². The average molecular weight is 537 g/mol. The zero-order valence-electron chi connectivity index (χ0n) is 23.7. The summed E-state index contributed by atoms with van der Waals surface area (Å²) in [7, 11) is 0. The minimum Gasteiger partial charge on any atom is -0.330 e. The average Bonchev–Trinajstić information content (AvgIpc) is 3.29. The molecule has 2 aromatic carbocycles. The van der Waals surface area contributed by atoms with Crippen molar-refractivity contribution < 1.29 is 13.6 Å². The number of imidazole rings is 1. The van der Waals surface area contributed by atoms with Gasteiger partial charge in [0.1, 0.15) is 17.5 Å². The van der Waals surface area contributed by atoms with Gasteiger partial charge in [-0.1, -0.05) is 76.9 Å². The van der Waals surface area contributed by atoms with Gasteiger partial charge in [-0.2, -0.15) is 0 Å². The van der Waals surface area contributed by atoms with E-state index < -0.39 is 23.1 Å². The Bertz CT molecular complexity index is 1230. The standard InChI is InChI=1S/C32H42F2N4O/c1-5-6-7-8-12-16-29(39)38(20-13-19-35)30(32(2,3)4)31-36-28(26-21-25(33)17-18-27(26)34)23-37(31)22-24-14-10-9-11-15-24/h9-12,14-18,21,23,30H,5-8,13,19-20,22,35H2,1-4H3/b16-12-/t30-/m0/s1. The second-order valence-corrected chi connectivity index (χ2v) is 11.1. The molecule has 39 heavy (non-hydrogen) atoms. The van der Waals surface area contributed by atoms with Crippen molar-refractivity contribution in [1.82, 2.24) is 14.5 Å². The maximum Gasteiger partial charge on any atom is 0.246 e. The lowest BCUT2D eigenvalue weighted by Crippen LogP contribution is -2.43. The van der Waals surface area contributed by atoms with Gasteiger partial charge in [0.25, 0.3) is 0 Å². The number of hydrogen-bond acceptors (Lipinski definition) is 3. The molecule has 1 atom stereocenters. The number of rotatable bonds is 13. The zero-order valence-corrected chi connectivity index (χ0v) is 23.7. The monoisotopic (exact) mass is 536 g/mol. The summed E-state index contributed by atoms with van der Waals surface area (Å²) in [6.07, 6.45) is 10.1. The van der Waals surface area contributed by atoms with Crippen LogP contribution in [-0.4, -0.2) is 33.4 Å². The lowest BCUT2D eigenvalue weighted by atomic mass is 9.84. The van der Waals surface area contributed by atoms with E-state index >= 15 is 0 Å². The Hall–Kier alpha value is -3.32. The Morgan fingerprint density at radius 2 is 1.85 bits per heavy atom. The Kier molecular flexibility index (Phi) is 11.0. The fourth-order valence-electron chi connectivity index (χ4n) is 4.79. The molecule has 1 aromatic heterocycles. The third-order valence-electron chi connectivity index (χ3n) is 6.71. The number of aromatic nitrogens is 2. The number of allylic oxidation sites excluding steroid dienone is 1. The molecule has 3 rings (SSSR count). The number of benzene rings is 2. The number of nitrogens with zero attached hydrogens (tertiary/aromatic N) is 3. The summed E-state index contributed by atoms with van der Waals surface area (Å²) in [6.45, 7) is 9.72. The molecule has 3 aromatic rings. The van der Waals surface area contributed by atoms with Crippen LogP contribution in [0.2, 0.25) is 0 Å². The summed E-state index contributed by atoms with van der Waals surface area (Å²) < 4.78 is 30.9. The number of amides is 1. The Balaban J connectivity index is 2.13. The highest BCUT2D eigenvalue weighted by molar-refractivity contribution is 5.88. The van der Waals surface area contributed by atoms with Crippen molar-refractivity contribution in [2.45, 2.75) is 72.4 Å². The number of nitrogens with two attached hydrogens (primary N) is 1. The second kappa shape index (κ2) is 14.2. The maximum atomic E-state index is 14.8. The second-order valence-electron chi connectivity index (χ2n) is 11.1. The first-order chi connectivity index (χ1) is 18.7. The molecule has 0 fully saturated rings. The summed E-state index contributed by atoms with van der Waals surface area (Å²) >= 11 is 0. The van der Waals surface area contributed by atoms with E-state index in [0.717, 1.165) is 49.4 Å². The molecule has 0 unspecified atom stereocenters. The van der Waals surface area contributed by atoms with Crippen LogP contribution in [0.1, 0.15) is 77.2 Å². The molecule has 1 amide bonds. The molecule has 0 bridgehead atoms. The minimum atomic E-state index is -0.550. The van der Waals surface area contributed by atoms with E-state index in [0.29, 0.717) is 37.6 Å². The molecule has 0 aliphatic carbocycles. The van der Waals surface area contributed by atoms with Gasteiger partial charge < -0.3 is 15.2 Å². The fourth-order valence-corrected chi connectivity index (χ4v) is 4.79. The molecule has 2 N–H and O–H groups in total. The van der Waals surface area contributed by atoms with Crippen LogP contribution in [0, 0.1) is 17.0 Å². The van der Waals surface area contributed by atoms with E-state index in [4.69, 9.17) is 10.7 Å².